The van der Waals surface area contributed by atoms with Gasteiger partial charge in [0.25, 0.3) is 5.91 Å². The van der Waals surface area contributed by atoms with Gasteiger partial charge in [0.05, 0.1) is 11.1 Å². The van der Waals surface area contributed by atoms with Gasteiger partial charge in [-0.15, -0.1) is 0 Å². The molecule has 0 unspecified atom stereocenters. The van der Waals surface area contributed by atoms with Crippen molar-refractivity contribution in [2.45, 2.75) is 13.0 Å². The molecule has 0 radical (unpaired) electrons. The lowest BCUT2D eigenvalue weighted by Crippen LogP contribution is -2.31. The van der Waals surface area contributed by atoms with Gasteiger partial charge >= 0.3 is 0 Å². The highest BCUT2D eigenvalue weighted by molar-refractivity contribution is 6.35. The van der Waals surface area contributed by atoms with Gasteiger partial charge in [-0.3, -0.25) is 4.79 Å². The number of hydrogen-bond donors (Lipinski definition) is 1. The zero-order valence-corrected chi connectivity index (χ0v) is 13.3. The highest BCUT2D eigenvalue weighted by Crippen LogP contribution is 2.28. The summed E-state index contributed by atoms with van der Waals surface area (Å²) in [6.45, 7) is 1.57. The Morgan fingerprint density at radius 3 is 2.59 bits per heavy atom. The number of carbonyl (C=O) groups is 1. The minimum absolute atomic E-state index is 0.0558. The lowest BCUT2D eigenvalue weighted by molar-refractivity contribution is -0.123. The molecular weight excluding hydrogens is 328 g/mol. The van der Waals surface area contributed by atoms with Crippen molar-refractivity contribution in [1.29, 1.82) is 0 Å². The molecule has 2 aromatic rings. The third-order valence-corrected chi connectivity index (χ3v) is 3.61. The monoisotopic (exact) mass is 341 g/mol. The van der Waals surface area contributed by atoms with Crippen molar-refractivity contribution in [2.24, 2.45) is 0 Å². The van der Waals surface area contributed by atoms with E-state index >= 15 is 0 Å². The summed E-state index contributed by atoms with van der Waals surface area (Å²) in [7, 11) is 0. The second-order valence-electron chi connectivity index (χ2n) is 4.68. The number of benzene rings is 2. The normalized spacial score (nSPS) is 11.8. The number of carbonyl (C=O) groups excluding carboxylic acids is 1. The van der Waals surface area contributed by atoms with Crippen LogP contribution in [0.5, 0.6) is 5.75 Å². The molecule has 0 fully saturated rings. The van der Waals surface area contributed by atoms with E-state index in [1.54, 1.807) is 19.1 Å². The predicted molar refractivity (Wildman–Crippen MR) is 84.9 cm³/mol. The van der Waals surface area contributed by atoms with Crippen LogP contribution in [0.3, 0.4) is 0 Å². The fourth-order valence-corrected chi connectivity index (χ4v) is 2.44. The number of nitrogens with one attached hydrogen (secondary N) is 1. The Balaban J connectivity index is 1.95. The third-order valence-electron chi connectivity index (χ3n) is 3.00. The van der Waals surface area contributed by atoms with E-state index in [-0.39, 0.29) is 17.5 Å². The molecule has 0 aromatic heterocycles. The first-order chi connectivity index (χ1) is 10.5. The topological polar surface area (TPSA) is 38.3 Å². The van der Waals surface area contributed by atoms with Crippen molar-refractivity contribution < 1.29 is 13.9 Å². The summed E-state index contributed by atoms with van der Waals surface area (Å²) in [5, 5.41) is 2.93. The molecule has 0 aliphatic carbocycles. The highest BCUT2D eigenvalue weighted by Gasteiger charge is 2.15. The largest absolute Gasteiger partial charge is 0.484 e. The highest BCUT2D eigenvalue weighted by atomic mass is 35.5. The number of halogens is 3. The standard InChI is InChI=1S/C16H14Cl2FNO2/c1-10(12-7-15(19)14(18)8-13(12)17)20-16(21)9-22-11-5-3-2-4-6-11/h2-8,10H,9H2,1H3,(H,20,21)/t10-/m1/s1. The fourth-order valence-electron chi connectivity index (χ4n) is 1.90. The molecular formula is C16H14Cl2FNO2. The lowest BCUT2D eigenvalue weighted by Gasteiger charge is -2.16. The van der Waals surface area contributed by atoms with Crippen molar-refractivity contribution >= 4 is 29.1 Å². The molecule has 2 aromatic carbocycles. The van der Waals surface area contributed by atoms with E-state index in [1.807, 2.05) is 18.2 Å². The SMILES string of the molecule is C[C@@H](NC(=O)COc1ccccc1)c1cc(F)c(Cl)cc1Cl. The van der Waals surface area contributed by atoms with Gasteiger partial charge in [0.2, 0.25) is 0 Å². The van der Waals surface area contributed by atoms with E-state index in [0.29, 0.717) is 16.3 Å². The predicted octanol–water partition coefficient (Wildman–Crippen LogP) is 4.39. The van der Waals surface area contributed by atoms with Crippen molar-refractivity contribution in [3.63, 3.8) is 0 Å². The van der Waals surface area contributed by atoms with E-state index in [0.717, 1.165) is 0 Å². The molecule has 0 aliphatic rings. The molecule has 1 amide bonds. The van der Waals surface area contributed by atoms with Gasteiger partial charge < -0.3 is 10.1 Å². The summed E-state index contributed by atoms with van der Waals surface area (Å²) in [5.41, 5.74) is 0.455. The van der Waals surface area contributed by atoms with Crippen molar-refractivity contribution in [3.05, 3.63) is 63.9 Å². The van der Waals surface area contributed by atoms with Gasteiger partial charge in [-0.25, -0.2) is 4.39 Å². The Bertz CT molecular complexity index is 665. The van der Waals surface area contributed by atoms with Gasteiger partial charge in [-0.2, -0.15) is 0 Å². The van der Waals surface area contributed by atoms with Gasteiger partial charge in [-0.05, 0) is 36.8 Å². The first-order valence-electron chi connectivity index (χ1n) is 6.59. The molecule has 0 heterocycles. The van der Waals surface area contributed by atoms with Crippen LogP contribution in [-0.4, -0.2) is 12.5 Å². The lowest BCUT2D eigenvalue weighted by atomic mass is 10.1. The fraction of sp³-hybridized carbons (Fsp3) is 0.188. The first kappa shape index (κ1) is 16.6. The second-order valence-corrected chi connectivity index (χ2v) is 5.49. The maximum Gasteiger partial charge on any atom is 0.258 e. The van der Waals surface area contributed by atoms with Crippen LogP contribution < -0.4 is 10.1 Å². The molecule has 0 bridgehead atoms. The van der Waals surface area contributed by atoms with Crippen LogP contribution >= 0.6 is 23.2 Å². The summed E-state index contributed by atoms with van der Waals surface area (Å²) < 4.78 is 18.8. The first-order valence-corrected chi connectivity index (χ1v) is 7.34. The molecule has 0 aliphatic heterocycles. The molecule has 22 heavy (non-hydrogen) atoms. The number of amides is 1. The Morgan fingerprint density at radius 2 is 1.91 bits per heavy atom. The van der Waals surface area contributed by atoms with Crippen LogP contribution in [0.2, 0.25) is 10.0 Å². The Hall–Kier alpha value is -1.78. The molecule has 0 saturated carbocycles. The third kappa shape index (κ3) is 4.36. The summed E-state index contributed by atoms with van der Waals surface area (Å²) >= 11 is 11.7. The summed E-state index contributed by atoms with van der Waals surface area (Å²) in [4.78, 5) is 11.9. The van der Waals surface area contributed by atoms with Crippen molar-refractivity contribution in [1.82, 2.24) is 5.32 Å². The van der Waals surface area contributed by atoms with Crippen molar-refractivity contribution in [2.75, 3.05) is 6.61 Å². The smallest absolute Gasteiger partial charge is 0.258 e. The van der Waals surface area contributed by atoms with Crippen molar-refractivity contribution in [3.8, 4) is 5.75 Å². The minimum Gasteiger partial charge on any atom is -0.484 e. The van der Waals surface area contributed by atoms with Crippen LogP contribution in [0.25, 0.3) is 0 Å². The number of ether oxygens (including phenoxy) is 1. The van der Waals surface area contributed by atoms with Crippen LogP contribution in [0.4, 0.5) is 4.39 Å². The minimum atomic E-state index is -0.581. The quantitative estimate of drug-likeness (QED) is 0.819. The molecule has 0 spiro atoms. The summed E-state index contributed by atoms with van der Waals surface area (Å²) in [6.07, 6.45) is 0. The molecule has 0 saturated heterocycles. The van der Waals surface area contributed by atoms with E-state index in [4.69, 9.17) is 27.9 Å². The molecule has 116 valence electrons. The summed E-state index contributed by atoms with van der Waals surface area (Å²) in [5.74, 6) is -0.314. The second kappa shape index (κ2) is 7.47. The molecule has 1 N–H and O–H groups in total. The van der Waals surface area contributed by atoms with Gasteiger partial charge in [0.15, 0.2) is 6.61 Å². The Kier molecular flexibility index (Phi) is 5.63. The van der Waals surface area contributed by atoms with E-state index < -0.39 is 11.9 Å². The Labute approximate surface area is 138 Å². The molecule has 6 heteroatoms. The van der Waals surface area contributed by atoms with Gasteiger partial charge in [0, 0.05) is 5.02 Å². The average molecular weight is 342 g/mol. The van der Waals surface area contributed by atoms with E-state index in [9.17, 15) is 9.18 Å². The van der Waals surface area contributed by atoms with Gasteiger partial charge in [-0.1, -0.05) is 41.4 Å². The molecule has 1 atom stereocenters. The number of para-hydroxylation sites is 1. The number of hydrogen-bond acceptors (Lipinski definition) is 2. The van der Waals surface area contributed by atoms with Gasteiger partial charge in [0.1, 0.15) is 11.6 Å². The van der Waals surface area contributed by atoms with E-state index in [1.165, 1.54) is 12.1 Å². The molecule has 3 nitrogen and oxygen atoms in total. The van der Waals surface area contributed by atoms with Crippen LogP contribution in [-0.2, 0) is 4.79 Å². The zero-order valence-electron chi connectivity index (χ0n) is 11.8. The van der Waals surface area contributed by atoms with E-state index in [2.05, 4.69) is 5.32 Å². The Morgan fingerprint density at radius 1 is 1.23 bits per heavy atom. The van der Waals surface area contributed by atoms with Crippen LogP contribution in [0, 0.1) is 5.82 Å². The maximum atomic E-state index is 13.5. The zero-order chi connectivity index (χ0) is 16.1. The van der Waals surface area contributed by atoms with Crippen LogP contribution in [0.15, 0.2) is 42.5 Å². The average Bonchev–Trinajstić information content (AvgIpc) is 2.50. The number of rotatable bonds is 5. The maximum absolute atomic E-state index is 13.5. The molecule has 2 rings (SSSR count). The summed E-state index contributed by atoms with van der Waals surface area (Å²) in [6, 6.07) is 11.0. The van der Waals surface area contributed by atoms with Crippen LogP contribution in [0.1, 0.15) is 18.5 Å².